The van der Waals surface area contributed by atoms with E-state index in [0.29, 0.717) is 51.4 Å². The molecule has 30 atom stereocenters. The number of fused-ring (bicyclic) bond motifs is 7. The molecule has 5 aliphatic carbocycles. The van der Waals surface area contributed by atoms with Crippen molar-refractivity contribution < 1.29 is 124 Å². The van der Waals surface area contributed by atoms with Gasteiger partial charge in [-0.25, -0.2) is 4.79 Å². The SMILES string of the molecule is C[C@@H]1O[C@@H](O[C@H]2[C@H](OC(=O)[C@]34CCC(C)(C)CC3C3=CCC5[C@@]6(C)C[C@H](O)[C@H](O[C@@H]7O[C@H](C(=O)O)[C@@H](O)[C@H](O)[C@H]7O)[C@@](C)(C(=O)O)C6CC[C@@]5(C)[C@]3(C)CC4)O[C@H](C)[C@H](O)[C@@H]2O)[C@H](O)[C@H](O)[C@H]1O[C@@H]1O[C@H](CO)[C@@H](O)[C@H](O)[C@H]1O. The average molecular weight is 1130 g/mol. The van der Waals surface area contributed by atoms with Crippen LogP contribution in [0.15, 0.2) is 11.6 Å². The van der Waals surface area contributed by atoms with Gasteiger partial charge in [0, 0.05) is 0 Å². The molecule has 0 bridgehead atoms. The Labute approximate surface area is 457 Å². The van der Waals surface area contributed by atoms with E-state index in [4.69, 9.17) is 37.9 Å². The molecule has 9 rings (SSSR count). The zero-order valence-corrected chi connectivity index (χ0v) is 45.8. The van der Waals surface area contributed by atoms with Crippen molar-refractivity contribution in [1.82, 2.24) is 0 Å². The van der Waals surface area contributed by atoms with Crippen molar-refractivity contribution in [3.8, 4) is 0 Å². The maximum atomic E-state index is 15.4. The summed E-state index contributed by atoms with van der Waals surface area (Å²) in [5.74, 6) is -4.83. The van der Waals surface area contributed by atoms with E-state index < -0.39 is 193 Å². The summed E-state index contributed by atoms with van der Waals surface area (Å²) in [5, 5.41) is 151. The van der Waals surface area contributed by atoms with E-state index in [1.807, 2.05) is 6.92 Å². The van der Waals surface area contributed by atoms with Crippen molar-refractivity contribution in [1.29, 1.82) is 0 Å². The minimum atomic E-state index is -2.02. The molecule has 25 heteroatoms. The van der Waals surface area contributed by atoms with Crippen LogP contribution >= 0.6 is 0 Å². The Hall–Kier alpha value is -2.61. The molecule has 9 aliphatic rings. The van der Waals surface area contributed by atoms with Gasteiger partial charge in [0.25, 0.3) is 0 Å². The molecule has 0 aromatic rings. The minimum Gasteiger partial charge on any atom is -0.481 e. The molecule has 0 radical (unpaired) electrons. The Morgan fingerprint density at radius 3 is 1.80 bits per heavy atom. The smallest absolute Gasteiger partial charge is 0.335 e. The molecule has 0 aromatic carbocycles. The summed E-state index contributed by atoms with van der Waals surface area (Å²) < 4.78 is 47.2. The van der Waals surface area contributed by atoms with Gasteiger partial charge in [-0.05, 0) is 118 Å². The summed E-state index contributed by atoms with van der Waals surface area (Å²) in [7, 11) is 0. The quantitative estimate of drug-likeness (QED) is 0.0613. The van der Waals surface area contributed by atoms with Crippen LogP contribution in [0, 0.1) is 50.2 Å². The maximum Gasteiger partial charge on any atom is 0.335 e. The minimum absolute atomic E-state index is 0.0503. The molecule has 0 spiro atoms. The van der Waals surface area contributed by atoms with Gasteiger partial charge >= 0.3 is 17.9 Å². The molecule has 4 saturated carbocycles. The first-order valence-corrected chi connectivity index (χ1v) is 27.8. The Morgan fingerprint density at radius 1 is 0.595 bits per heavy atom. The second-order valence-corrected chi connectivity index (χ2v) is 26.2. The van der Waals surface area contributed by atoms with Gasteiger partial charge in [-0.3, -0.25) is 9.59 Å². The van der Waals surface area contributed by atoms with E-state index in [1.54, 1.807) is 0 Å². The fourth-order valence-electron chi connectivity index (χ4n) is 16.5. The summed E-state index contributed by atoms with van der Waals surface area (Å²) in [6, 6.07) is 0. The van der Waals surface area contributed by atoms with E-state index in [9.17, 15) is 81.1 Å². The van der Waals surface area contributed by atoms with E-state index >= 15 is 4.79 Å². The highest BCUT2D eigenvalue weighted by Gasteiger charge is 2.73. The number of carboxylic acids is 2. The van der Waals surface area contributed by atoms with Crippen molar-refractivity contribution in [2.24, 2.45) is 50.2 Å². The highest BCUT2D eigenvalue weighted by molar-refractivity contribution is 5.79. The third kappa shape index (κ3) is 9.63. The zero-order chi connectivity index (χ0) is 58.2. The predicted molar refractivity (Wildman–Crippen MR) is 264 cm³/mol. The van der Waals surface area contributed by atoms with Gasteiger partial charge in [0.2, 0.25) is 6.29 Å². The second kappa shape index (κ2) is 21.5. The van der Waals surface area contributed by atoms with Crippen LogP contribution in [0.1, 0.15) is 113 Å². The average Bonchev–Trinajstić information content (AvgIpc) is 2.01. The van der Waals surface area contributed by atoms with Crippen molar-refractivity contribution >= 4 is 17.9 Å². The molecule has 0 aromatic heterocycles. The molecule has 4 aliphatic heterocycles. The van der Waals surface area contributed by atoms with Gasteiger partial charge in [0.1, 0.15) is 79.4 Å². The van der Waals surface area contributed by atoms with Crippen LogP contribution in [0.3, 0.4) is 0 Å². The number of hydrogen-bond acceptors (Lipinski definition) is 23. The van der Waals surface area contributed by atoms with Crippen LogP contribution in [0.2, 0.25) is 0 Å². The summed E-state index contributed by atoms with van der Waals surface area (Å²) in [4.78, 5) is 41.1. The number of carbonyl (C=O) groups excluding carboxylic acids is 1. The predicted octanol–water partition coefficient (Wildman–Crippen LogP) is -1.85. The third-order valence-electron chi connectivity index (χ3n) is 21.4. The van der Waals surface area contributed by atoms with Crippen molar-refractivity contribution in [3.63, 3.8) is 0 Å². The molecule has 4 saturated heterocycles. The Kier molecular flexibility index (Phi) is 16.6. The number of esters is 1. The standard InChI is InChI=1S/C54H84O25/c1-20-28(57)32(61)40(77-43-37(66)34(63)38(21(2)73-43)75-44-35(64)30(59)29(58)25(19-55)74-44)46(72-20)79-48(71)54-15-13-49(3,4)17-23(54)22-9-10-26-50(5)18-24(56)41(78-45-36(65)31(60)33(62)39(76-45)42(67)68)53(8,47(69)70)27(50)11-12-52(26,7)51(22,6)14-16-54/h9,20-21,23-41,43-46,55-66H,10-19H2,1-8H3,(H,67,68)(H,69,70)/t20-,21+,23?,24+,25-,26?,27?,28+,29-,30+,31+,32+,33+,34+,35-,36-,37-,38+,39+,40-,41+,43+,44+,45+,46+,50-,51-,52-,53+,54+/m1/s1. The van der Waals surface area contributed by atoms with Crippen LogP contribution in [-0.4, -0.2) is 231 Å². The van der Waals surface area contributed by atoms with Gasteiger partial charge in [0.15, 0.2) is 31.1 Å². The van der Waals surface area contributed by atoms with Crippen molar-refractivity contribution in [3.05, 3.63) is 11.6 Å². The van der Waals surface area contributed by atoms with E-state index in [1.165, 1.54) is 20.8 Å². The normalized spacial score (nSPS) is 54.4. The number of rotatable bonds is 11. The van der Waals surface area contributed by atoms with Gasteiger partial charge < -0.3 is 109 Å². The van der Waals surface area contributed by atoms with Gasteiger partial charge in [-0.15, -0.1) is 0 Å². The maximum absolute atomic E-state index is 15.4. The largest absolute Gasteiger partial charge is 0.481 e. The fourth-order valence-corrected chi connectivity index (χ4v) is 16.5. The van der Waals surface area contributed by atoms with Gasteiger partial charge in [-0.1, -0.05) is 46.3 Å². The van der Waals surface area contributed by atoms with Crippen LogP contribution < -0.4 is 0 Å². The van der Waals surface area contributed by atoms with Crippen molar-refractivity contribution in [2.75, 3.05) is 6.61 Å². The summed E-state index contributed by atoms with van der Waals surface area (Å²) in [6.45, 7) is 14.3. The molecule has 0 amide bonds. The number of aliphatic hydroxyl groups is 12. The lowest BCUT2D eigenvalue weighted by Gasteiger charge is -2.71. The molecule has 3 unspecified atom stereocenters. The molecular weight excluding hydrogens is 1050 g/mol. The van der Waals surface area contributed by atoms with E-state index in [0.717, 1.165) is 5.57 Å². The molecule has 4 heterocycles. The number of allylic oxidation sites excluding steroid dienone is 2. The topological polar surface area (TPSA) is 408 Å². The monoisotopic (exact) mass is 1130 g/mol. The molecule has 450 valence electrons. The Morgan fingerprint density at radius 2 is 1.16 bits per heavy atom. The Balaban J connectivity index is 0.961. The molecular formula is C54H84O25. The molecule has 79 heavy (non-hydrogen) atoms. The second-order valence-electron chi connectivity index (χ2n) is 26.2. The first kappa shape index (κ1) is 61.0. The number of aliphatic carboxylic acids is 2. The van der Waals surface area contributed by atoms with Crippen molar-refractivity contribution in [2.45, 2.75) is 248 Å². The lowest BCUT2D eigenvalue weighted by molar-refractivity contribution is -0.377. The Bertz CT molecular complexity index is 2300. The summed E-state index contributed by atoms with van der Waals surface area (Å²) in [6.07, 6.45) is -31.3. The van der Waals surface area contributed by atoms with Crippen LogP contribution in [0.25, 0.3) is 0 Å². The van der Waals surface area contributed by atoms with Crippen LogP contribution in [-0.2, 0) is 52.3 Å². The highest BCUT2D eigenvalue weighted by Crippen LogP contribution is 2.76. The number of hydrogen-bond donors (Lipinski definition) is 14. The zero-order valence-electron chi connectivity index (χ0n) is 45.8. The summed E-state index contributed by atoms with van der Waals surface area (Å²) >= 11 is 0. The van der Waals surface area contributed by atoms with E-state index in [-0.39, 0.29) is 23.7 Å². The summed E-state index contributed by atoms with van der Waals surface area (Å²) in [5.41, 5.74) is -4.12. The molecule has 25 nitrogen and oxygen atoms in total. The third-order valence-corrected chi connectivity index (χ3v) is 21.4. The lowest BCUT2D eigenvalue weighted by Crippen LogP contribution is -2.70. The number of carbonyl (C=O) groups is 3. The molecule has 14 N–H and O–H groups in total. The van der Waals surface area contributed by atoms with E-state index in [2.05, 4.69) is 33.8 Å². The highest BCUT2D eigenvalue weighted by atomic mass is 16.8. The number of aliphatic hydroxyl groups excluding tert-OH is 12. The van der Waals surface area contributed by atoms with Crippen LogP contribution in [0.5, 0.6) is 0 Å². The lowest BCUT2D eigenvalue weighted by atomic mass is 9.33. The number of carboxylic acid groups (broad SMARTS) is 2. The van der Waals surface area contributed by atoms with Gasteiger partial charge in [0.05, 0.1) is 35.7 Å². The van der Waals surface area contributed by atoms with Crippen LogP contribution in [0.4, 0.5) is 0 Å². The fraction of sp³-hybridized carbons (Fsp3) is 0.907. The van der Waals surface area contributed by atoms with Gasteiger partial charge in [-0.2, -0.15) is 0 Å². The number of ether oxygens (including phenoxy) is 8. The first-order valence-electron chi connectivity index (χ1n) is 27.8. The first-order chi connectivity index (χ1) is 36.7. The molecule has 8 fully saturated rings.